The molecule has 0 bridgehead atoms. The van der Waals surface area contributed by atoms with E-state index in [0.717, 1.165) is 12.2 Å². The molecule has 30 heavy (non-hydrogen) atoms. The summed E-state index contributed by atoms with van der Waals surface area (Å²) in [6.45, 7) is 4.15. The highest BCUT2D eigenvalue weighted by molar-refractivity contribution is 5.94. The Kier molecular flexibility index (Phi) is 6.39. The SMILES string of the molecule is CCn1ccc(C(C)NC(=O)c2ccc(COc3c(F)c(F)cc(F)c3F)cc2)n1. The standard InChI is InChI=1S/C21H19F4N3O2/c1-3-28-9-8-17(27-28)12(2)26-21(29)14-6-4-13(5-7-14)11-30-20-18(24)15(22)10-16(23)19(20)25/h4-10,12H,3,11H2,1-2H3,(H,26,29). The van der Waals surface area contributed by atoms with Crippen LogP contribution in [0.3, 0.4) is 0 Å². The van der Waals surface area contributed by atoms with Crippen LogP contribution >= 0.6 is 0 Å². The first kappa shape index (κ1) is 21.4. The Balaban J connectivity index is 1.63. The monoisotopic (exact) mass is 421 g/mol. The normalized spacial score (nSPS) is 11.9. The Labute approximate surface area is 170 Å². The summed E-state index contributed by atoms with van der Waals surface area (Å²) in [5.74, 6) is -7.77. The summed E-state index contributed by atoms with van der Waals surface area (Å²) < 4.78 is 60.4. The third kappa shape index (κ3) is 4.61. The number of aryl methyl sites for hydroxylation is 1. The number of ether oxygens (including phenoxy) is 1. The van der Waals surface area contributed by atoms with Crippen molar-refractivity contribution in [1.29, 1.82) is 0 Å². The van der Waals surface area contributed by atoms with Gasteiger partial charge >= 0.3 is 0 Å². The molecule has 0 aliphatic carbocycles. The molecule has 0 spiro atoms. The summed E-state index contributed by atoms with van der Waals surface area (Å²) in [5, 5.41) is 7.17. The predicted molar refractivity (Wildman–Crippen MR) is 101 cm³/mol. The van der Waals surface area contributed by atoms with Crippen LogP contribution in [0, 0.1) is 23.3 Å². The molecule has 2 aromatic carbocycles. The Bertz CT molecular complexity index is 1020. The minimum absolute atomic E-state index is 0.110. The second kappa shape index (κ2) is 8.98. The highest BCUT2D eigenvalue weighted by Crippen LogP contribution is 2.27. The van der Waals surface area contributed by atoms with Gasteiger partial charge in [-0.3, -0.25) is 9.48 Å². The van der Waals surface area contributed by atoms with Crippen LogP contribution in [0.1, 0.15) is 41.5 Å². The molecule has 1 N–H and O–H groups in total. The van der Waals surface area contributed by atoms with Crippen LogP contribution in [0.5, 0.6) is 5.75 Å². The van der Waals surface area contributed by atoms with E-state index in [-0.39, 0.29) is 24.6 Å². The lowest BCUT2D eigenvalue weighted by molar-refractivity contribution is 0.0939. The zero-order valence-electron chi connectivity index (χ0n) is 16.3. The first-order valence-electron chi connectivity index (χ1n) is 9.19. The number of carbonyl (C=O) groups excluding carboxylic acids is 1. The van der Waals surface area contributed by atoms with Crippen molar-refractivity contribution >= 4 is 5.91 Å². The van der Waals surface area contributed by atoms with Gasteiger partial charge in [-0.2, -0.15) is 13.9 Å². The molecule has 0 fully saturated rings. The Morgan fingerprint density at radius 1 is 1.10 bits per heavy atom. The topological polar surface area (TPSA) is 56.2 Å². The van der Waals surface area contributed by atoms with Gasteiger partial charge in [-0.25, -0.2) is 8.78 Å². The van der Waals surface area contributed by atoms with Crippen molar-refractivity contribution in [2.75, 3.05) is 0 Å². The Morgan fingerprint density at radius 3 is 2.30 bits per heavy atom. The van der Waals surface area contributed by atoms with Gasteiger partial charge in [0.05, 0.1) is 11.7 Å². The summed E-state index contributed by atoms with van der Waals surface area (Å²) in [6, 6.07) is 7.66. The molecule has 1 unspecified atom stereocenters. The first-order chi connectivity index (χ1) is 14.3. The third-order valence-corrected chi connectivity index (χ3v) is 4.45. The van der Waals surface area contributed by atoms with Gasteiger partial charge in [0.25, 0.3) is 5.91 Å². The molecule has 1 aromatic heterocycles. The molecule has 158 valence electrons. The highest BCUT2D eigenvalue weighted by atomic mass is 19.2. The molecular formula is C21H19F4N3O2. The number of halogens is 4. The molecule has 1 amide bonds. The van der Waals surface area contributed by atoms with Crippen LogP contribution in [0.4, 0.5) is 17.6 Å². The lowest BCUT2D eigenvalue weighted by Crippen LogP contribution is -2.27. The number of hydrogen-bond acceptors (Lipinski definition) is 3. The van der Waals surface area contributed by atoms with Crippen LogP contribution in [0.25, 0.3) is 0 Å². The molecule has 0 saturated carbocycles. The highest BCUT2D eigenvalue weighted by Gasteiger charge is 2.20. The number of rotatable bonds is 7. The van der Waals surface area contributed by atoms with Gasteiger partial charge in [-0.1, -0.05) is 12.1 Å². The van der Waals surface area contributed by atoms with E-state index in [9.17, 15) is 22.4 Å². The van der Waals surface area contributed by atoms with E-state index < -0.39 is 29.0 Å². The quantitative estimate of drug-likeness (QED) is 0.451. The van der Waals surface area contributed by atoms with Gasteiger partial charge in [0.1, 0.15) is 6.61 Å². The van der Waals surface area contributed by atoms with E-state index in [1.165, 1.54) is 24.3 Å². The summed E-state index contributed by atoms with van der Waals surface area (Å²) in [7, 11) is 0. The lowest BCUT2D eigenvalue weighted by atomic mass is 10.1. The summed E-state index contributed by atoms with van der Waals surface area (Å²) >= 11 is 0. The fraction of sp³-hybridized carbons (Fsp3) is 0.238. The second-order valence-electron chi connectivity index (χ2n) is 6.57. The smallest absolute Gasteiger partial charge is 0.251 e. The minimum atomic E-state index is -1.61. The molecule has 1 heterocycles. The Hall–Kier alpha value is -3.36. The van der Waals surface area contributed by atoms with Gasteiger partial charge in [0.15, 0.2) is 17.4 Å². The van der Waals surface area contributed by atoms with Crippen LogP contribution in [0.2, 0.25) is 0 Å². The molecule has 3 aromatic rings. The van der Waals surface area contributed by atoms with E-state index >= 15 is 0 Å². The van der Waals surface area contributed by atoms with E-state index in [0.29, 0.717) is 11.1 Å². The number of benzene rings is 2. The van der Waals surface area contributed by atoms with Crippen LogP contribution in [-0.4, -0.2) is 15.7 Å². The predicted octanol–water partition coefficient (Wildman–Crippen LogP) is 4.53. The van der Waals surface area contributed by atoms with Crippen LogP contribution in [-0.2, 0) is 13.2 Å². The van der Waals surface area contributed by atoms with Crippen molar-refractivity contribution in [2.24, 2.45) is 0 Å². The molecule has 9 heteroatoms. The van der Waals surface area contributed by atoms with Gasteiger partial charge < -0.3 is 10.1 Å². The van der Waals surface area contributed by atoms with E-state index in [1.807, 2.05) is 26.1 Å². The van der Waals surface area contributed by atoms with E-state index in [1.54, 1.807) is 4.68 Å². The summed E-state index contributed by atoms with van der Waals surface area (Å²) in [5.41, 5.74) is 1.53. The fourth-order valence-electron chi connectivity index (χ4n) is 2.72. The second-order valence-corrected chi connectivity index (χ2v) is 6.57. The zero-order valence-corrected chi connectivity index (χ0v) is 16.3. The van der Waals surface area contributed by atoms with Crippen molar-refractivity contribution in [3.8, 4) is 5.75 Å². The zero-order chi connectivity index (χ0) is 21.8. The maximum atomic E-state index is 13.6. The molecule has 5 nitrogen and oxygen atoms in total. The van der Waals surface area contributed by atoms with Crippen molar-refractivity contribution in [2.45, 2.75) is 33.0 Å². The van der Waals surface area contributed by atoms with Crippen molar-refractivity contribution < 1.29 is 27.1 Å². The fourth-order valence-corrected chi connectivity index (χ4v) is 2.72. The van der Waals surface area contributed by atoms with Crippen LogP contribution < -0.4 is 10.1 Å². The van der Waals surface area contributed by atoms with Crippen molar-refractivity contribution in [1.82, 2.24) is 15.1 Å². The lowest BCUT2D eigenvalue weighted by Gasteiger charge is -2.12. The van der Waals surface area contributed by atoms with Gasteiger partial charge in [-0.05, 0) is 37.6 Å². The maximum absolute atomic E-state index is 13.6. The first-order valence-corrected chi connectivity index (χ1v) is 9.19. The summed E-state index contributed by atoms with van der Waals surface area (Å²) in [4.78, 5) is 12.4. The molecule has 1 atom stereocenters. The number of carbonyl (C=O) groups is 1. The maximum Gasteiger partial charge on any atom is 0.251 e. The number of amides is 1. The molecule has 0 radical (unpaired) electrons. The summed E-state index contributed by atoms with van der Waals surface area (Å²) in [6.07, 6.45) is 1.82. The average Bonchev–Trinajstić information content (AvgIpc) is 3.22. The van der Waals surface area contributed by atoms with E-state index in [4.69, 9.17) is 4.74 Å². The molecular weight excluding hydrogens is 402 g/mol. The van der Waals surface area contributed by atoms with Crippen molar-refractivity contribution in [3.63, 3.8) is 0 Å². The third-order valence-electron chi connectivity index (χ3n) is 4.45. The average molecular weight is 421 g/mol. The number of hydrogen-bond donors (Lipinski definition) is 1. The Morgan fingerprint density at radius 2 is 1.73 bits per heavy atom. The molecule has 3 rings (SSSR count). The largest absolute Gasteiger partial charge is 0.483 e. The number of nitrogens with zero attached hydrogens (tertiary/aromatic N) is 2. The van der Waals surface area contributed by atoms with Gasteiger partial charge in [-0.15, -0.1) is 0 Å². The molecule has 0 aliphatic heterocycles. The molecule has 0 saturated heterocycles. The minimum Gasteiger partial charge on any atom is -0.483 e. The van der Waals surface area contributed by atoms with Gasteiger partial charge in [0.2, 0.25) is 11.6 Å². The van der Waals surface area contributed by atoms with Crippen molar-refractivity contribution in [3.05, 3.63) is 82.7 Å². The van der Waals surface area contributed by atoms with E-state index in [2.05, 4.69) is 10.4 Å². The van der Waals surface area contributed by atoms with Gasteiger partial charge in [0, 0.05) is 24.4 Å². The number of aromatic nitrogens is 2. The molecule has 0 aliphatic rings. The van der Waals surface area contributed by atoms with Crippen LogP contribution in [0.15, 0.2) is 42.6 Å². The number of nitrogens with one attached hydrogen (secondary N) is 1.